The van der Waals surface area contributed by atoms with E-state index in [9.17, 15) is 0 Å². The zero-order valence-corrected chi connectivity index (χ0v) is 43.2. The molecule has 74 heavy (non-hydrogen) atoms. The van der Waals surface area contributed by atoms with Crippen molar-refractivity contribution in [1.29, 1.82) is 0 Å². The Bertz CT molecular complexity index is 4400. The van der Waals surface area contributed by atoms with Gasteiger partial charge >= 0.3 is 0 Å². The van der Waals surface area contributed by atoms with Gasteiger partial charge in [0.25, 0.3) is 0 Å². The molecule has 0 saturated carbocycles. The van der Waals surface area contributed by atoms with Crippen LogP contribution < -0.4 is 4.90 Å². The summed E-state index contributed by atoms with van der Waals surface area (Å²) in [5, 5.41) is 4.71. The Morgan fingerprint density at radius 2 is 0.851 bits per heavy atom. The van der Waals surface area contributed by atoms with E-state index in [4.69, 9.17) is 8.83 Å². The number of hydrogen-bond donors (Lipinski definition) is 0. The van der Waals surface area contributed by atoms with Gasteiger partial charge in [-0.25, -0.2) is 0 Å². The summed E-state index contributed by atoms with van der Waals surface area (Å²) in [7, 11) is 0. The van der Waals surface area contributed by atoms with Gasteiger partial charge in [0, 0.05) is 60.3 Å². The molecule has 0 saturated heterocycles. The number of furan rings is 2. The van der Waals surface area contributed by atoms with Crippen LogP contribution in [0, 0.1) is 13.8 Å². The molecule has 0 aliphatic heterocycles. The van der Waals surface area contributed by atoms with Crippen molar-refractivity contribution < 1.29 is 8.83 Å². The number of hydrogen-bond acceptors (Lipinski definition) is 3. The third-order valence-electron chi connectivity index (χ3n) is 17.6. The first-order chi connectivity index (χ1) is 35.8. The van der Waals surface area contributed by atoms with E-state index >= 15 is 0 Å². The number of para-hydroxylation sites is 3. The molecular formula is C71H55NO2. The molecule has 0 amide bonds. The minimum atomic E-state index is -0.346. The maximum Gasteiger partial charge on any atom is 0.144 e. The molecule has 3 aliphatic rings. The van der Waals surface area contributed by atoms with Crippen molar-refractivity contribution in [2.75, 3.05) is 4.90 Å². The molecule has 3 heteroatoms. The van der Waals surface area contributed by atoms with Crippen LogP contribution in [0.1, 0.15) is 86.1 Å². The van der Waals surface area contributed by atoms with Crippen molar-refractivity contribution in [2.24, 2.45) is 0 Å². The highest BCUT2D eigenvalue weighted by molar-refractivity contribution is 6.22. The van der Waals surface area contributed by atoms with Crippen LogP contribution in [0.25, 0.3) is 99.5 Å². The van der Waals surface area contributed by atoms with E-state index in [0.717, 1.165) is 44.7 Å². The molecule has 0 unspecified atom stereocenters. The Labute approximate surface area is 432 Å². The maximum atomic E-state index is 7.01. The zero-order chi connectivity index (χ0) is 50.2. The largest absolute Gasteiger partial charge is 0.455 e. The van der Waals surface area contributed by atoms with Gasteiger partial charge < -0.3 is 13.7 Å². The lowest BCUT2D eigenvalue weighted by molar-refractivity contribution is 0.600. The van der Waals surface area contributed by atoms with E-state index in [1.54, 1.807) is 0 Å². The van der Waals surface area contributed by atoms with Crippen LogP contribution in [0.15, 0.2) is 197 Å². The quantitative estimate of drug-likeness (QED) is 0.172. The zero-order valence-electron chi connectivity index (χ0n) is 43.2. The first-order valence-corrected chi connectivity index (χ1v) is 26.3. The summed E-state index contributed by atoms with van der Waals surface area (Å²) in [4.78, 5) is 2.54. The van der Waals surface area contributed by atoms with E-state index in [0.29, 0.717) is 0 Å². The number of anilines is 3. The third-order valence-corrected chi connectivity index (χ3v) is 17.6. The molecule has 2 heterocycles. The molecular weight excluding hydrogens is 899 g/mol. The van der Waals surface area contributed by atoms with Crippen molar-refractivity contribution in [2.45, 2.75) is 71.6 Å². The number of nitrogens with zero attached hydrogens (tertiary/aromatic N) is 1. The lowest BCUT2D eigenvalue weighted by Crippen LogP contribution is -2.24. The van der Waals surface area contributed by atoms with Gasteiger partial charge in [-0.15, -0.1) is 0 Å². The number of fused-ring (bicyclic) bond motifs is 19. The molecule has 15 rings (SSSR count). The topological polar surface area (TPSA) is 29.5 Å². The predicted molar refractivity (Wildman–Crippen MR) is 309 cm³/mol. The lowest BCUT2D eigenvalue weighted by atomic mass is 9.72. The highest BCUT2D eigenvalue weighted by atomic mass is 16.3. The van der Waals surface area contributed by atoms with Crippen LogP contribution in [0.5, 0.6) is 0 Å². The smallest absolute Gasteiger partial charge is 0.144 e. The molecule has 0 N–H and O–H groups in total. The minimum absolute atomic E-state index is 0.231. The van der Waals surface area contributed by atoms with E-state index < -0.39 is 0 Å². The minimum Gasteiger partial charge on any atom is -0.455 e. The SMILES string of the molecule is Cc1cccc(C)c1N(c1ccc2c(c1)C(C)(C)c1cc(-c3ccccc3-c3ccccc3)c3oc4ccccc4c3c1-2)c1ccc2c(c1)C(C)(C)c1c3c(c4oc5ccccc5c4c1-2)-c1ccccc1C3(C)C. The van der Waals surface area contributed by atoms with Crippen LogP contribution >= 0.6 is 0 Å². The van der Waals surface area contributed by atoms with Crippen LogP contribution in [-0.2, 0) is 16.2 Å². The summed E-state index contributed by atoms with van der Waals surface area (Å²) in [6, 6.07) is 69.5. The van der Waals surface area contributed by atoms with Crippen molar-refractivity contribution in [1.82, 2.24) is 0 Å². The van der Waals surface area contributed by atoms with E-state index in [1.807, 2.05) is 0 Å². The van der Waals surface area contributed by atoms with Crippen LogP contribution in [0.3, 0.4) is 0 Å². The molecule has 356 valence electrons. The monoisotopic (exact) mass is 953 g/mol. The van der Waals surface area contributed by atoms with Gasteiger partial charge in [0.15, 0.2) is 0 Å². The standard InChI is InChI=1S/C71H55NO2/c1-40-21-20-22-41(2)66(40)72(44-34-36-49-55(38-44)71(7,8)64-60(49)62-51-29-16-19-32-58(51)74-68(62)63-47-27-14-17-30-53(47)70(5,6)65(63)64)43-33-35-48-54(37-43)69(3,4)56-39-52(46-26-13-12-25-45(46)42-23-10-9-11-24-42)67-61(59(48)56)50-28-15-18-31-57(50)73-67/h9-39H,1-8H3. The summed E-state index contributed by atoms with van der Waals surface area (Å²) < 4.78 is 14.0. The summed E-state index contributed by atoms with van der Waals surface area (Å²) in [5.41, 5.74) is 29.2. The van der Waals surface area contributed by atoms with Crippen molar-refractivity contribution in [3.8, 4) is 55.6 Å². The van der Waals surface area contributed by atoms with Gasteiger partial charge in [-0.05, 0) is 145 Å². The molecule has 0 atom stereocenters. The average molecular weight is 954 g/mol. The van der Waals surface area contributed by atoms with Crippen molar-refractivity contribution >= 4 is 60.9 Å². The fourth-order valence-corrected chi connectivity index (χ4v) is 14.2. The summed E-state index contributed by atoms with van der Waals surface area (Å²) >= 11 is 0. The fraction of sp³-hybridized carbons (Fsp3) is 0.155. The molecule has 0 spiro atoms. The van der Waals surface area contributed by atoms with Gasteiger partial charge in [-0.2, -0.15) is 0 Å². The van der Waals surface area contributed by atoms with E-state index in [1.165, 1.54) is 116 Å². The number of rotatable bonds is 5. The second kappa shape index (κ2) is 14.9. The second-order valence-electron chi connectivity index (χ2n) is 22.8. The first kappa shape index (κ1) is 43.2. The van der Waals surface area contributed by atoms with Crippen molar-refractivity contribution in [3.63, 3.8) is 0 Å². The van der Waals surface area contributed by atoms with Gasteiger partial charge in [0.05, 0.1) is 5.69 Å². The maximum absolute atomic E-state index is 7.01. The molecule has 2 aromatic heterocycles. The Kier molecular flexibility index (Phi) is 8.68. The average Bonchev–Trinajstić information content (AvgIpc) is 4.18. The summed E-state index contributed by atoms with van der Waals surface area (Å²) in [5.74, 6) is 0. The molecule has 0 bridgehead atoms. The number of aryl methyl sites for hydroxylation is 2. The van der Waals surface area contributed by atoms with E-state index in [2.05, 4.69) is 248 Å². The van der Waals surface area contributed by atoms with Gasteiger partial charge in [-0.1, -0.05) is 187 Å². The second-order valence-corrected chi connectivity index (χ2v) is 22.8. The van der Waals surface area contributed by atoms with Crippen LogP contribution in [0.4, 0.5) is 17.1 Å². The van der Waals surface area contributed by atoms with E-state index in [-0.39, 0.29) is 16.2 Å². The first-order valence-electron chi connectivity index (χ1n) is 26.3. The van der Waals surface area contributed by atoms with Gasteiger partial charge in [0.2, 0.25) is 0 Å². The molecule has 10 aromatic carbocycles. The fourth-order valence-electron chi connectivity index (χ4n) is 14.2. The molecule has 0 radical (unpaired) electrons. The Morgan fingerprint density at radius 1 is 0.351 bits per heavy atom. The predicted octanol–water partition coefficient (Wildman–Crippen LogP) is 19.8. The molecule has 3 aliphatic carbocycles. The normalized spacial score (nSPS) is 15.1. The molecule has 0 fully saturated rings. The van der Waals surface area contributed by atoms with Crippen molar-refractivity contribution in [3.05, 3.63) is 233 Å². The molecule has 12 aromatic rings. The highest BCUT2D eigenvalue weighted by Gasteiger charge is 2.49. The Morgan fingerprint density at radius 3 is 1.53 bits per heavy atom. The van der Waals surface area contributed by atoms with Crippen LogP contribution in [0.2, 0.25) is 0 Å². The highest BCUT2D eigenvalue weighted by Crippen LogP contribution is 2.64. The van der Waals surface area contributed by atoms with Crippen LogP contribution in [-0.4, -0.2) is 0 Å². The summed E-state index contributed by atoms with van der Waals surface area (Å²) in [6.07, 6.45) is 0. The summed E-state index contributed by atoms with van der Waals surface area (Å²) in [6.45, 7) is 19.1. The third kappa shape index (κ3) is 5.57. The Balaban J connectivity index is 0.949. The Hall–Kier alpha value is -8.40. The van der Waals surface area contributed by atoms with Gasteiger partial charge in [-0.3, -0.25) is 0 Å². The lowest BCUT2D eigenvalue weighted by Gasteiger charge is -2.32. The number of benzene rings is 10. The van der Waals surface area contributed by atoms with Gasteiger partial charge in [0.1, 0.15) is 22.3 Å². The molecule has 3 nitrogen and oxygen atoms in total.